The van der Waals surface area contributed by atoms with Crippen LogP contribution in [0.1, 0.15) is 32.1 Å². The van der Waals surface area contributed by atoms with E-state index >= 15 is 0 Å². The van der Waals surface area contributed by atoms with Crippen LogP contribution in [0.25, 0.3) is 0 Å². The Bertz CT molecular complexity index is 836. The van der Waals surface area contributed by atoms with E-state index in [4.69, 9.17) is 0 Å². The van der Waals surface area contributed by atoms with E-state index < -0.39 is 5.82 Å². The van der Waals surface area contributed by atoms with Gasteiger partial charge in [0, 0.05) is 55.7 Å². The highest BCUT2D eigenvalue weighted by molar-refractivity contribution is 5.99. The number of ketones is 1. The zero-order valence-electron chi connectivity index (χ0n) is 15.5. The topological polar surface area (TPSA) is 45.6 Å². The van der Waals surface area contributed by atoms with Gasteiger partial charge in [-0.3, -0.25) is 14.5 Å². The molecule has 1 amide bonds. The highest BCUT2D eigenvalue weighted by Crippen LogP contribution is 2.15. The molecule has 1 saturated heterocycles. The Morgan fingerprint density at radius 2 is 1.77 bits per heavy atom. The fraction of sp³-hybridized carbons (Fsp3) is 0.400. The van der Waals surface area contributed by atoms with Crippen molar-refractivity contribution in [2.75, 3.05) is 32.7 Å². The van der Waals surface area contributed by atoms with Gasteiger partial charge in [0.1, 0.15) is 5.82 Å². The summed E-state index contributed by atoms with van der Waals surface area (Å²) in [7, 11) is 1.96. The second kappa shape index (κ2) is 7.41. The second-order valence-electron chi connectivity index (χ2n) is 6.85. The number of benzene rings is 1. The van der Waals surface area contributed by atoms with Gasteiger partial charge in [-0.05, 0) is 38.1 Å². The molecule has 1 aliphatic rings. The number of halogens is 1. The standard InChI is InChI=1S/C20H24FN3O2/c1-14-11-18(15(2)22(14)3)19(25)13-23-7-9-24(10-8-23)20(26)16-5-4-6-17(21)12-16/h4-6,11-12H,7-10,13H2,1-3H3. The van der Waals surface area contributed by atoms with Crippen molar-refractivity contribution in [2.45, 2.75) is 13.8 Å². The molecule has 1 aliphatic heterocycles. The number of amides is 1. The SMILES string of the molecule is Cc1cc(C(=O)CN2CCN(C(=O)c3cccc(F)c3)CC2)c(C)n1C. The zero-order chi connectivity index (χ0) is 18.8. The molecule has 1 fully saturated rings. The van der Waals surface area contributed by atoms with Crippen molar-refractivity contribution in [3.8, 4) is 0 Å². The first-order valence-electron chi connectivity index (χ1n) is 8.80. The van der Waals surface area contributed by atoms with Gasteiger partial charge in [-0.2, -0.15) is 0 Å². The molecule has 0 unspecified atom stereocenters. The molecule has 0 N–H and O–H groups in total. The minimum Gasteiger partial charge on any atom is -0.351 e. The normalized spacial score (nSPS) is 15.3. The molecule has 6 heteroatoms. The van der Waals surface area contributed by atoms with Crippen LogP contribution in [-0.4, -0.2) is 58.8 Å². The first kappa shape index (κ1) is 18.3. The Morgan fingerprint density at radius 1 is 1.08 bits per heavy atom. The Hall–Kier alpha value is -2.47. The van der Waals surface area contributed by atoms with E-state index in [0.29, 0.717) is 38.3 Å². The van der Waals surface area contributed by atoms with E-state index in [1.807, 2.05) is 31.5 Å². The predicted molar refractivity (Wildman–Crippen MR) is 98.0 cm³/mol. The van der Waals surface area contributed by atoms with Crippen molar-refractivity contribution >= 4 is 11.7 Å². The van der Waals surface area contributed by atoms with Crippen molar-refractivity contribution in [1.29, 1.82) is 0 Å². The fourth-order valence-corrected chi connectivity index (χ4v) is 3.34. The average Bonchev–Trinajstić information content (AvgIpc) is 2.89. The molecule has 2 heterocycles. The molecule has 5 nitrogen and oxygen atoms in total. The number of Topliss-reactive ketones (excluding diaryl/α,β-unsaturated/α-hetero) is 1. The summed E-state index contributed by atoms with van der Waals surface area (Å²) in [5.41, 5.74) is 3.18. The van der Waals surface area contributed by atoms with E-state index in [1.165, 1.54) is 12.1 Å². The van der Waals surface area contributed by atoms with Gasteiger partial charge in [0.05, 0.1) is 6.54 Å². The van der Waals surface area contributed by atoms with E-state index in [-0.39, 0.29) is 11.7 Å². The first-order chi connectivity index (χ1) is 12.4. The Kier molecular flexibility index (Phi) is 5.23. The smallest absolute Gasteiger partial charge is 0.254 e. The quantitative estimate of drug-likeness (QED) is 0.790. The molecule has 0 aliphatic carbocycles. The summed E-state index contributed by atoms with van der Waals surface area (Å²) in [6.45, 7) is 6.64. The number of nitrogens with zero attached hydrogens (tertiary/aromatic N) is 3. The Labute approximate surface area is 153 Å². The number of carbonyl (C=O) groups excluding carboxylic acids is 2. The van der Waals surface area contributed by atoms with E-state index in [1.54, 1.807) is 17.0 Å². The number of hydrogen-bond donors (Lipinski definition) is 0. The highest BCUT2D eigenvalue weighted by Gasteiger charge is 2.24. The van der Waals surface area contributed by atoms with Crippen LogP contribution >= 0.6 is 0 Å². The molecule has 0 spiro atoms. The summed E-state index contributed by atoms with van der Waals surface area (Å²) in [5, 5.41) is 0. The zero-order valence-corrected chi connectivity index (χ0v) is 15.5. The molecule has 1 aromatic carbocycles. The van der Waals surface area contributed by atoms with Gasteiger partial charge in [0.25, 0.3) is 5.91 Å². The maximum Gasteiger partial charge on any atom is 0.254 e. The van der Waals surface area contributed by atoms with Crippen LogP contribution in [0.2, 0.25) is 0 Å². The average molecular weight is 357 g/mol. The monoisotopic (exact) mass is 357 g/mol. The van der Waals surface area contributed by atoms with E-state index in [0.717, 1.165) is 17.0 Å². The molecule has 0 bridgehead atoms. The summed E-state index contributed by atoms with van der Waals surface area (Å²) in [4.78, 5) is 28.8. The number of rotatable bonds is 4. The maximum atomic E-state index is 13.3. The molecular weight excluding hydrogens is 333 g/mol. The van der Waals surface area contributed by atoms with Crippen LogP contribution in [0.3, 0.4) is 0 Å². The van der Waals surface area contributed by atoms with E-state index in [9.17, 15) is 14.0 Å². The number of aromatic nitrogens is 1. The molecule has 0 saturated carbocycles. The number of carbonyl (C=O) groups is 2. The third kappa shape index (κ3) is 3.70. The first-order valence-corrected chi connectivity index (χ1v) is 8.80. The number of aryl methyl sites for hydroxylation is 1. The van der Waals surface area contributed by atoms with Crippen molar-refractivity contribution in [3.63, 3.8) is 0 Å². The molecule has 0 radical (unpaired) electrons. The Balaban J connectivity index is 1.57. The van der Waals surface area contributed by atoms with E-state index in [2.05, 4.69) is 4.90 Å². The molecule has 138 valence electrons. The summed E-state index contributed by atoms with van der Waals surface area (Å²) < 4.78 is 15.3. The number of piperazine rings is 1. The molecule has 26 heavy (non-hydrogen) atoms. The summed E-state index contributed by atoms with van der Waals surface area (Å²) >= 11 is 0. The van der Waals surface area contributed by atoms with Crippen LogP contribution in [0.15, 0.2) is 30.3 Å². The molecule has 0 atom stereocenters. The molecule has 2 aromatic rings. The van der Waals surface area contributed by atoms with Crippen LogP contribution in [-0.2, 0) is 7.05 Å². The minimum atomic E-state index is -0.409. The lowest BCUT2D eigenvalue weighted by Crippen LogP contribution is -2.49. The van der Waals surface area contributed by atoms with Crippen molar-refractivity contribution in [3.05, 3.63) is 58.7 Å². The van der Waals surface area contributed by atoms with Crippen LogP contribution < -0.4 is 0 Å². The van der Waals surface area contributed by atoms with Gasteiger partial charge >= 0.3 is 0 Å². The highest BCUT2D eigenvalue weighted by atomic mass is 19.1. The van der Waals surface area contributed by atoms with Gasteiger partial charge in [-0.15, -0.1) is 0 Å². The Morgan fingerprint density at radius 3 is 2.35 bits per heavy atom. The van der Waals surface area contributed by atoms with Crippen molar-refractivity contribution < 1.29 is 14.0 Å². The van der Waals surface area contributed by atoms with Gasteiger partial charge in [-0.25, -0.2) is 4.39 Å². The maximum absolute atomic E-state index is 13.3. The summed E-state index contributed by atoms with van der Waals surface area (Å²) in [5.74, 6) is -0.463. The van der Waals surface area contributed by atoms with Gasteiger partial charge in [-0.1, -0.05) is 6.07 Å². The van der Waals surface area contributed by atoms with Gasteiger partial charge in [0.2, 0.25) is 0 Å². The molecule has 3 rings (SSSR count). The summed E-state index contributed by atoms with van der Waals surface area (Å²) in [6.07, 6.45) is 0. The molecule has 1 aromatic heterocycles. The van der Waals surface area contributed by atoms with Crippen LogP contribution in [0, 0.1) is 19.7 Å². The van der Waals surface area contributed by atoms with Gasteiger partial charge < -0.3 is 9.47 Å². The lowest BCUT2D eigenvalue weighted by molar-refractivity contribution is 0.0624. The minimum absolute atomic E-state index is 0.108. The predicted octanol–water partition coefficient (Wildman–Crippen LogP) is 2.42. The summed E-state index contributed by atoms with van der Waals surface area (Å²) in [6, 6.07) is 7.69. The third-order valence-electron chi connectivity index (χ3n) is 5.17. The largest absolute Gasteiger partial charge is 0.351 e. The third-order valence-corrected chi connectivity index (χ3v) is 5.17. The fourth-order valence-electron chi connectivity index (χ4n) is 3.34. The van der Waals surface area contributed by atoms with Crippen LogP contribution in [0.5, 0.6) is 0 Å². The molecular formula is C20H24FN3O2. The van der Waals surface area contributed by atoms with Gasteiger partial charge in [0.15, 0.2) is 5.78 Å². The lowest BCUT2D eigenvalue weighted by Gasteiger charge is -2.34. The lowest BCUT2D eigenvalue weighted by atomic mass is 10.1. The van der Waals surface area contributed by atoms with Crippen LogP contribution in [0.4, 0.5) is 4.39 Å². The van der Waals surface area contributed by atoms with Crippen molar-refractivity contribution in [2.24, 2.45) is 7.05 Å². The number of hydrogen-bond acceptors (Lipinski definition) is 3. The van der Waals surface area contributed by atoms with Crippen molar-refractivity contribution in [1.82, 2.24) is 14.4 Å². The second-order valence-corrected chi connectivity index (χ2v) is 6.85.